The summed E-state index contributed by atoms with van der Waals surface area (Å²) in [6, 6.07) is 10.5. The first-order chi connectivity index (χ1) is 13.8. The van der Waals surface area contributed by atoms with E-state index in [1.807, 2.05) is 6.07 Å². The van der Waals surface area contributed by atoms with Gasteiger partial charge in [0.1, 0.15) is 9.84 Å². The summed E-state index contributed by atoms with van der Waals surface area (Å²) >= 11 is 0. The molecule has 29 heavy (non-hydrogen) atoms. The zero-order valence-electron chi connectivity index (χ0n) is 17.6. The number of rotatable bonds is 7. The fourth-order valence-electron chi connectivity index (χ4n) is 4.71. The second-order valence-electron chi connectivity index (χ2n) is 8.86. The first kappa shape index (κ1) is 20.6. The van der Waals surface area contributed by atoms with Crippen LogP contribution in [0.25, 0.3) is 0 Å². The van der Waals surface area contributed by atoms with Crippen LogP contribution >= 0.6 is 0 Å². The minimum Gasteiger partial charge on any atom is -0.378 e. The van der Waals surface area contributed by atoms with Crippen LogP contribution in [0, 0.1) is 19.3 Å². The Labute approximate surface area is 173 Å². The summed E-state index contributed by atoms with van der Waals surface area (Å²) in [7, 11) is -2.97. The van der Waals surface area contributed by atoms with Crippen molar-refractivity contribution in [3.05, 3.63) is 52.8 Å². The van der Waals surface area contributed by atoms with Crippen LogP contribution in [0.1, 0.15) is 41.4 Å². The van der Waals surface area contributed by atoms with Crippen LogP contribution in [-0.2, 0) is 21.1 Å². The zero-order valence-corrected chi connectivity index (χ0v) is 18.4. The molecule has 1 unspecified atom stereocenters. The number of aryl methyl sites for hydroxylation is 1. The van der Waals surface area contributed by atoms with Crippen molar-refractivity contribution in [1.82, 2.24) is 14.7 Å². The van der Waals surface area contributed by atoms with Gasteiger partial charge in [-0.25, -0.2) is 8.42 Å². The Bertz CT molecular complexity index is 965. The number of sulfone groups is 1. The van der Waals surface area contributed by atoms with Gasteiger partial charge in [0.05, 0.1) is 37.2 Å². The number of nitrogens with zero attached hydrogens (tertiary/aromatic N) is 3. The molecule has 0 radical (unpaired) electrons. The molecule has 1 atom stereocenters. The highest BCUT2D eigenvalue weighted by atomic mass is 32.2. The predicted molar refractivity (Wildman–Crippen MR) is 114 cm³/mol. The molecule has 1 aliphatic heterocycles. The monoisotopic (exact) mass is 417 g/mol. The minimum absolute atomic E-state index is 0.0784. The Morgan fingerprint density at radius 2 is 1.93 bits per heavy atom. The first-order valence-corrected chi connectivity index (χ1v) is 12.4. The smallest absolute Gasteiger partial charge is 0.148 e. The quantitative estimate of drug-likeness (QED) is 0.693. The summed E-state index contributed by atoms with van der Waals surface area (Å²) < 4.78 is 31.7. The molecule has 2 aliphatic rings. The van der Waals surface area contributed by atoms with Crippen molar-refractivity contribution in [1.29, 1.82) is 0 Å². The molecule has 158 valence electrons. The molecule has 2 aromatic rings. The molecule has 1 saturated heterocycles. The molecule has 7 heteroatoms. The zero-order chi connectivity index (χ0) is 20.6. The molecule has 6 nitrogen and oxygen atoms in total. The van der Waals surface area contributed by atoms with Crippen molar-refractivity contribution < 1.29 is 13.2 Å². The van der Waals surface area contributed by atoms with Crippen LogP contribution in [0.5, 0.6) is 0 Å². The van der Waals surface area contributed by atoms with E-state index in [2.05, 4.69) is 47.7 Å². The first-order valence-electron chi connectivity index (χ1n) is 10.3. The molecule has 0 amide bonds. The highest BCUT2D eigenvalue weighted by Crippen LogP contribution is 2.48. The fraction of sp³-hybridized carbons (Fsp3) is 0.591. The lowest BCUT2D eigenvalue weighted by Crippen LogP contribution is -2.44. The maximum atomic E-state index is 11.9. The van der Waals surface area contributed by atoms with E-state index in [-0.39, 0.29) is 17.2 Å². The second-order valence-corrected chi connectivity index (χ2v) is 11.0. The average molecular weight is 418 g/mol. The van der Waals surface area contributed by atoms with Gasteiger partial charge in [0.25, 0.3) is 0 Å². The second kappa shape index (κ2) is 7.85. The summed E-state index contributed by atoms with van der Waals surface area (Å²) in [5.41, 5.74) is 4.58. The molecule has 2 fully saturated rings. The van der Waals surface area contributed by atoms with Crippen LogP contribution in [0.2, 0.25) is 0 Å². The van der Waals surface area contributed by atoms with Crippen molar-refractivity contribution in [3.8, 4) is 0 Å². The summed E-state index contributed by atoms with van der Waals surface area (Å²) in [5, 5.41) is 4.83. The Balaban J connectivity index is 1.57. The average Bonchev–Trinajstić information content (AvgIpc) is 3.34. The lowest BCUT2D eigenvalue weighted by atomic mass is 10.00. The van der Waals surface area contributed by atoms with Gasteiger partial charge in [0, 0.05) is 30.6 Å². The normalized spacial score (nSPS) is 22.0. The third-order valence-corrected chi connectivity index (χ3v) is 7.39. The van der Waals surface area contributed by atoms with E-state index in [1.165, 1.54) is 23.1 Å². The van der Waals surface area contributed by atoms with Crippen LogP contribution in [-0.4, -0.2) is 61.4 Å². The Morgan fingerprint density at radius 3 is 2.59 bits per heavy atom. The maximum absolute atomic E-state index is 11.9. The van der Waals surface area contributed by atoms with Crippen molar-refractivity contribution in [2.45, 2.75) is 39.3 Å². The predicted octanol–water partition coefficient (Wildman–Crippen LogP) is 2.75. The number of hydrogen-bond acceptors (Lipinski definition) is 5. The van der Waals surface area contributed by atoms with Gasteiger partial charge in [-0.1, -0.05) is 30.3 Å². The Morgan fingerprint density at radius 1 is 1.21 bits per heavy atom. The van der Waals surface area contributed by atoms with Gasteiger partial charge in [-0.2, -0.15) is 5.10 Å². The Kier molecular flexibility index (Phi) is 5.57. The van der Waals surface area contributed by atoms with Crippen LogP contribution in [0.15, 0.2) is 30.3 Å². The van der Waals surface area contributed by atoms with E-state index in [1.54, 1.807) is 0 Å². The highest BCUT2D eigenvalue weighted by Gasteiger charge is 2.47. The van der Waals surface area contributed by atoms with Crippen molar-refractivity contribution in [2.75, 3.05) is 38.3 Å². The van der Waals surface area contributed by atoms with E-state index in [0.717, 1.165) is 38.2 Å². The van der Waals surface area contributed by atoms with Gasteiger partial charge in [-0.15, -0.1) is 0 Å². The SMILES string of the molecule is Cc1nn(Cc2ccccc2)c(C)c1C1COCCN1CC1(CS(C)(=O)=O)CC1. The van der Waals surface area contributed by atoms with Crippen LogP contribution in [0.4, 0.5) is 0 Å². The molecule has 1 saturated carbocycles. The third-order valence-electron chi connectivity index (χ3n) is 6.25. The molecular weight excluding hydrogens is 386 g/mol. The van der Waals surface area contributed by atoms with Gasteiger partial charge in [-0.05, 0) is 37.7 Å². The Hall–Kier alpha value is -1.70. The molecular formula is C22H31N3O3S. The van der Waals surface area contributed by atoms with Crippen molar-refractivity contribution >= 4 is 9.84 Å². The number of hydrogen-bond donors (Lipinski definition) is 0. The largest absolute Gasteiger partial charge is 0.378 e. The standard InChI is InChI=1S/C22H31N3O3S/c1-17-21(18(2)25(23-17)13-19-7-5-4-6-8-19)20-14-28-12-11-24(20)15-22(9-10-22)16-29(3,26)27/h4-8,20H,9-16H2,1-3H3. The number of benzene rings is 1. The number of ether oxygens (including phenoxy) is 1. The van der Waals surface area contributed by atoms with Gasteiger partial charge in [0.2, 0.25) is 0 Å². The number of aromatic nitrogens is 2. The van der Waals surface area contributed by atoms with E-state index >= 15 is 0 Å². The molecule has 1 aromatic carbocycles. The molecule has 4 rings (SSSR count). The van der Waals surface area contributed by atoms with Crippen molar-refractivity contribution in [2.24, 2.45) is 5.41 Å². The molecule has 0 bridgehead atoms. The molecule has 0 N–H and O–H groups in total. The lowest BCUT2D eigenvalue weighted by Gasteiger charge is -2.38. The van der Waals surface area contributed by atoms with Crippen LogP contribution < -0.4 is 0 Å². The molecule has 2 heterocycles. The third kappa shape index (κ3) is 4.73. The topological polar surface area (TPSA) is 64.4 Å². The minimum atomic E-state index is -2.97. The van der Waals surface area contributed by atoms with E-state index in [0.29, 0.717) is 13.2 Å². The van der Waals surface area contributed by atoms with Gasteiger partial charge < -0.3 is 4.74 Å². The van der Waals surface area contributed by atoms with Gasteiger partial charge in [0.15, 0.2) is 0 Å². The van der Waals surface area contributed by atoms with Crippen molar-refractivity contribution in [3.63, 3.8) is 0 Å². The fourth-order valence-corrected chi connectivity index (χ4v) is 6.20. The molecule has 1 aliphatic carbocycles. The van der Waals surface area contributed by atoms with Gasteiger partial charge in [-0.3, -0.25) is 9.58 Å². The summed E-state index contributed by atoms with van der Waals surface area (Å²) in [6.07, 6.45) is 3.34. The lowest BCUT2D eigenvalue weighted by molar-refractivity contribution is -0.0165. The molecule has 0 spiro atoms. The van der Waals surface area contributed by atoms with E-state index < -0.39 is 9.84 Å². The summed E-state index contributed by atoms with van der Waals surface area (Å²) in [4.78, 5) is 2.44. The van der Waals surface area contributed by atoms with E-state index in [4.69, 9.17) is 9.84 Å². The molecule has 1 aromatic heterocycles. The van der Waals surface area contributed by atoms with Crippen LogP contribution in [0.3, 0.4) is 0 Å². The highest BCUT2D eigenvalue weighted by molar-refractivity contribution is 7.90. The summed E-state index contributed by atoms with van der Waals surface area (Å²) in [6.45, 7) is 7.93. The van der Waals surface area contributed by atoms with E-state index in [9.17, 15) is 8.42 Å². The summed E-state index contributed by atoms with van der Waals surface area (Å²) in [5.74, 6) is 0.287. The number of morpholine rings is 1. The maximum Gasteiger partial charge on any atom is 0.148 e. The van der Waals surface area contributed by atoms with Gasteiger partial charge >= 0.3 is 0 Å².